The predicted octanol–water partition coefficient (Wildman–Crippen LogP) is 1.88. The van der Waals surface area contributed by atoms with Crippen LogP contribution in [0.2, 0.25) is 0 Å². The summed E-state index contributed by atoms with van der Waals surface area (Å²) in [5.74, 6) is -0.676. The van der Waals surface area contributed by atoms with Gasteiger partial charge in [-0.1, -0.05) is 29.8 Å². The van der Waals surface area contributed by atoms with E-state index in [0.717, 1.165) is 16.7 Å². The van der Waals surface area contributed by atoms with E-state index in [2.05, 4.69) is 0 Å². The van der Waals surface area contributed by atoms with Crippen molar-refractivity contribution in [3.05, 3.63) is 70.3 Å². The highest BCUT2D eigenvalue weighted by molar-refractivity contribution is 6.46. The Hall–Kier alpha value is -3.12. The van der Waals surface area contributed by atoms with Gasteiger partial charge in [0.25, 0.3) is 11.7 Å². The van der Waals surface area contributed by atoms with Crippen LogP contribution in [0, 0.1) is 13.8 Å². The number of carbonyl (C=O) groups excluding carboxylic acids is 2. The van der Waals surface area contributed by atoms with Crippen LogP contribution in [-0.2, 0) is 9.59 Å². The third-order valence-electron chi connectivity index (χ3n) is 5.47. The van der Waals surface area contributed by atoms with Crippen molar-refractivity contribution in [1.82, 2.24) is 4.90 Å². The van der Waals surface area contributed by atoms with Gasteiger partial charge in [-0.25, -0.2) is 0 Å². The number of likely N-dealkylation sites (tertiary alicyclic amines) is 1. The van der Waals surface area contributed by atoms with Crippen LogP contribution in [0.4, 0.5) is 0 Å². The van der Waals surface area contributed by atoms with Gasteiger partial charge in [0.1, 0.15) is 11.5 Å². The lowest BCUT2D eigenvalue weighted by molar-refractivity contribution is -0.857. The van der Waals surface area contributed by atoms with Gasteiger partial charge < -0.3 is 19.6 Å². The monoisotopic (exact) mass is 409 g/mol. The van der Waals surface area contributed by atoms with Gasteiger partial charge in [0, 0.05) is 5.56 Å². The highest BCUT2D eigenvalue weighted by atomic mass is 16.5. The van der Waals surface area contributed by atoms with E-state index in [1.807, 2.05) is 58.3 Å². The number of aryl methyl sites for hydroxylation is 2. The van der Waals surface area contributed by atoms with E-state index < -0.39 is 17.7 Å². The van der Waals surface area contributed by atoms with E-state index in [9.17, 15) is 14.7 Å². The SMILES string of the molecule is COc1ccc(C2C(=C(O)c3cc(C)ccc3C)C(=O)C(=O)N2CC[NH+](C)C)cc1. The maximum atomic E-state index is 13.0. The van der Waals surface area contributed by atoms with Crippen LogP contribution in [0.3, 0.4) is 0 Å². The van der Waals surface area contributed by atoms with Crippen molar-refractivity contribution in [3.8, 4) is 5.75 Å². The highest BCUT2D eigenvalue weighted by Gasteiger charge is 2.46. The van der Waals surface area contributed by atoms with Crippen molar-refractivity contribution in [2.45, 2.75) is 19.9 Å². The molecule has 0 aromatic heterocycles. The topological polar surface area (TPSA) is 71.3 Å². The fourth-order valence-electron chi connectivity index (χ4n) is 3.72. The van der Waals surface area contributed by atoms with Gasteiger partial charge in [0.2, 0.25) is 0 Å². The molecule has 158 valence electrons. The molecule has 2 aromatic carbocycles. The zero-order chi connectivity index (χ0) is 22.0. The number of rotatable bonds is 6. The molecule has 0 radical (unpaired) electrons. The first kappa shape index (κ1) is 21.6. The van der Waals surface area contributed by atoms with E-state index >= 15 is 0 Å². The summed E-state index contributed by atoms with van der Waals surface area (Å²) in [6, 6.07) is 12.3. The number of amides is 1. The molecule has 2 aromatic rings. The van der Waals surface area contributed by atoms with Crippen LogP contribution >= 0.6 is 0 Å². The van der Waals surface area contributed by atoms with E-state index in [0.29, 0.717) is 24.4 Å². The third-order valence-corrected chi connectivity index (χ3v) is 5.47. The molecule has 6 nitrogen and oxygen atoms in total. The maximum absolute atomic E-state index is 13.0. The number of quaternary nitrogens is 1. The Balaban J connectivity index is 2.18. The molecule has 1 aliphatic heterocycles. The molecule has 0 saturated carbocycles. The minimum Gasteiger partial charge on any atom is -0.507 e. The largest absolute Gasteiger partial charge is 0.507 e. The Labute approximate surface area is 177 Å². The van der Waals surface area contributed by atoms with Crippen molar-refractivity contribution in [1.29, 1.82) is 0 Å². The van der Waals surface area contributed by atoms with Crippen LogP contribution in [0.25, 0.3) is 5.76 Å². The first-order valence-corrected chi connectivity index (χ1v) is 10.0. The molecule has 1 unspecified atom stereocenters. The number of hydrogen-bond donors (Lipinski definition) is 2. The Morgan fingerprint density at radius 3 is 2.37 bits per heavy atom. The number of nitrogens with zero attached hydrogens (tertiary/aromatic N) is 1. The second-order valence-electron chi connectivity index (χ2n) is 8.04. The van der Waals surface area contributed by atoms with E-state index in [1.165, 1.54) is 4.90 Å². The van der Waals surface area contributed by atoms with Gasteiger partial charge in [-0.05, 0) is 43.2 Å². The van der Waals surface area contributed by atoms with Gasteiger partial charge in [-0.2, -0.15) is 0 Å². The normalized spacial score (nSPS) is 18.3. The molecule has 1 aliphatic rings. The Morgan fingerprint density at radius 2 is 1.77 bits per heavy atom. The number of benzene rings is 2. The van der Waals surface area contributed by atoms with Crippen LogP contribution in [0.1, 0.15) is 28.3 Å². The molecule has 1 saturated heterocycles. The second kappa shape index (κ2) is 8.71. The number of aliphatic hydroxyl groups is 1. The summed E-state index contributed by atoms with van der Waals surface area (Å²) in [6.07, 6.45) is 0. The zero-order valence-corrected chi connectivity index (χ0v) is 18.2. The minimum absolute atomic E-state index is 0.130. The van der Waals surface area contributed by atoms with Crippen LogP contribution in [0.15, 0.2) is 48.0 Å². The van der Waals surface area contributed by atoms with E-state index in [4.69, 9.17) is 4.74 Å². The van der Waals surface area contributed by atoms with E-state index in [-0.39, 0.29) is 11.3 Å². The summed E-state index contributed by atoms with van der Waals surface area (Å²) in [5, 5.41) is 11.2. The molecule has 0 bridgehead atoms. The maximum Gasteiger partial charge on any atom is 0.295 e. The van der Waals surface area contributed by atoms with Crippen LogP contribution in [-0.4, -0.2) is 56.0 Å². The number of Topliss-reactive ketones (excluding diaryl/α,β-unsaturated/α-hetero) is 1. The average Bonchev–Trinajstić information content (AvgIpc) is 2.98. The lowest BCUT2D eigenvalue weighted by Gasteiger charge is -2.26. The fraction of sp³-hybridized carbons (Fsp3) is 0.333. The third kappa shape index (κ3) is 4.09. The van der Waals surface area contributed by atoms with E-state index in [1.54, 1.807) is 24.1 Å². The van der Waals surface area contributed by atoms with Gasteiger partial charge >= 0.3 is 0 Å². The van der Waals surface area contributed by atoms with Gasteiger partial charge in [-0.3, -0.25) is 9.59 Å². The van der Waals surface area contributed by atoms with Crippen molar-refractivity contribution in [3.63, 3.8) is 0 Å². The minimum atomic E-state index is -0.650. The van der Waals surface area contributed by atoms with Crippen molar-refractivity contribution >= 4 is 17.4 Å². The van der Waals surface area contributed by atoms with Crippen LogP contribution < -0.4 is 9.64 Å². The number of methoxy groups -OCH3 is 1. The summed E-state index contributed by atoms with van der Waals surface area (Å²) in [7, 11) is 5.58. The number of hydrogen-bond acceptors (Lipinski definition) is 4. The number of ether oxygens (including phenoxy) is 1. The Bertz CT molecular complexity index is 993. The summed E-state index contributed by atoms with van der Waals surface area (Å²) in [4.78, 5) is 28.7. The lowest BCUT2D eigenvalue weighted by Crippen LogP contribution is -3.06. The van der Waals surface area contributed by atoms with Crippen molar-refractivity contribution in [2.75, 3.05) is 34.3 Å². The number of likely N-dealkylation sites (N-methyl/N-ethyl adjacent to an activating group) is 1. The lowest BCUT2D eigenvalue weighted by atomic mass is 9.93. The van der Waals surface area contributed by atoms with Crippen molar-refractivity contribution in [2.24, 2.45) is 0 Å². The summed E-state index contributed by atoms with van der Waals surface area (Å²) in [5.41, 5.74) is 3.28. The smallest absolute Gasteiger partial charge is 0.295 e. The highest BCUT2D eigenvalue weighted by Crippen LogP contribution is 2.40. The molecule has 0 spiro atoms. The molecule has 6 heteroatoms. The molecule has 1 atom stereocenters. The first-order chi connectivity index (χ1) is 14.2. The summed E-state index contributed by atoms with van der Waals surface area (Å²) >= 11 is 0. The Morgan fingerprint density at radius 1 is 1.10 bits per heavy atom. The molecule has 30 heavy (non-hydrogen) atoms. The molecule has 2 N–H and O–H groups in total. The molecular weight excluding hydrogens is 380 g/mol. The van der Waals surface area contributed by atoms with Gasteiger partial charge in [0.05, 0.1) is 45.9 Å². The summed E-state index contributed by atoms with van der Waals surface area (Å²) < 4.78 is 5.24. The molecule has 3 rings (SSSR count). The number of carbonyl (C=O) groups is 2. The Kier molecular flexibility index (Phi) is 6.27. The zero-order valence-electron chi connectivity index (χ0n) is 18.2. The first-order valence-electron chi connectivity index (χ1n) is 10.0. The molecular formula is C24H29N2O4+. The van der Waals surface area contributed by atoms with Gasteiger partial charge in [0.15, 0.2) is 0 Å². The molecule has 1 fully saturated rings. The average molecular weight is 410 g/mol. The number of ketones is 1. The molecule has 0 aliphatic carbocycles. The quantitative estimate of drug-likeness (QED) is 0.434. The number of nitrogens with one attached hydrogen (secondary N) is 1. The molecule has 1 heterocycles. The standard InChI is InChI=1S/C24H28N2O4/c1-15-6-7-16(2)19(14-15)22(27)20-21(17-8-10-18(30-5)11-9-17)26(13-12-25(3)4)24(29)23(20)28/h6-11,14,21,27H,12-13H2,1-5H3/p+1. The second-order valence-corrected chi connectivity index (χ2v) is 8.04. The van der Waals surface area contributed by atoms with Crippen LogP contribution in [0.5, 0.6) is 5.75 Å². The van der Waals surface area contributed by atoms with Crippen molar-refractivity contribution < 1.29 is 24.3 Å². The number of aliphatic hydroxyl groups excluding tert-OH is 1. The predicted molar refractivity (Wildman–Crippen MR) is 116 cm³/mol. The van der Waals surface area contributed by atoms with Gasteiger partial charge in [-0.15, -0.1) is 0 Å². The summed E-state index contributed by atoms with van der Waals surface area (Å²) in [6.45, 7) is 4.90. The fourth-order valence-corrected chi connectivity index (χ4v) is 3.72. The molecule has 1 amide bonds.